The van der Waals surface area contributed by atoms with E-state index in [-0.39, 0.29) is 12.3 Å². The second kappa shape index (κ2) is 8.39. The fraction of sp³-hybridized carbons (Fsp3) is 0.588. The third-order valence-electron chi connectivity index (χ3n) is 4.24. The highest BCUT2D eigenvalue weighted by Crippen LogP contribution is 2.17. The van der Waals surface area contributed by atoms with Crippen LogP contribution in [-0.4, -0.2) is 62.5 Å². The Hall–Kier alpha value is -1.73. The molecular weight excluding hydrogens is 314 g/mol. The number of halogens is 2. The van der Waals surface area contributed by atoms with Crippen LogP contribution in [0.1, 0.15) is 12.0 Å². The molecule has 7 heteroatoms. The van der Waals surface area contributed by atoms with Crippen LogP contribution in [0.4, 0.5) is 14.5 Å². The quantitative estimate of drug-likeness (QED) is 0.783. The predicted octanol–water partition coefficient (Wildman–Crippen LogP) is 1.22. The maximum Gasteiger partial charge on any atom is 0.277 e. The zero-order chi connectivity index (χ0) is 17.6. The summed E-state index contributed by atoms with van der Waals surface area (Å²) in [6.07, 6.45) is 0.227. The minimum Gasteiger partial charge on any atom is -0.369 e. The molecule has 0 bridgehead atoms. The molecule has 1 aliphatic heterocycles. The Morgan fingerprint density at radius 2 is 2.00 bits per heavy atom. The van der Waals surface area contributed by atoms with Crippen LogP contribution in [0.15, 0.2) is 24.3 Å². The first-order valence-corrected chi connectivity index (χ1v) is 8.28. The first kappa shape index (κ1) is 18.6. The van der Waals surface area contributed by atoms with Crippen LogP contribution in [0.5, 0.6) is 0 Å². The van der Waals surface area contributed by atoms with Crippen molar-refractivity contribution >= 4 is 11.6 Å². The fourth-order valence-corrected chi connectivity index (χ4v) is 2.70. The van der Waals surface area contributed by atoms with Gasteiger partial charge in [0.15, 0.2) is 0 Å². The second-order valence-electron chi connectivity index (χ2n) is 6.25. The lowest BCUT2D eigenvalue weighted by Gasteiger charge is -2.36. The Kier molecular flexibility index (Phi) is 6.51. The number of carbonyl (C=O) groups is 1. The summed E-state index contributed by atoms with van der Waals surface area (Å²) in [7, 11) is 0. The minimum absolute atomic E-state index is 0.227. The van der Waals surface area contributed by atoms with E-state index in [9.17, 15) is 13.6 Å². The number of nitrogens with zero attached hydrogens (tertiary/aromatic N) is 2. The molecule has 1 aromatic carbocycles. The van der Waals surface area contributed by atoms with Gasteiger partial charge in [-0.25, -0.2) is 8.78 Å². The summed E-state index contributed by atoms with van der Waals surface area (Å²) >= 11 is 0. The molecule has 24 heavy (non-hydrogen) atoms. The van der Waals surface area contributed by atoms with E-state index in [1.165, 1.54) is 11.3 Å². The number of piperazine rings is 1. The molecule has 0 radical (unpaired) electrons. The van der Waals surface area contributed by atoms with Gasteiger partial charge in [-0.3, -0.25) is 9.69 Å². The van der Waals surface area contributed by atoms with Crippen LogP contribution in [0.2, 0.25) is 0 Å². The molecule has 2 rings (SSSR count). The van der Waals surface area contributed by atoms with E-state index in [4.69, 9.17) is 5.73 Å². The van der Waals surface area contributed by atoms with Gasteiger partial charge < -0.3 is 16.0 Å². The Labute approximate surface area is 141 Å². The summed E-state index contributed by atoms with van der Waals surface area (Å²) in [5.41, 5.74) is 7.40. The highest BCUT2D eigenvalue weighted by Gasteiger charge is 2.27. The highest BCUT2D eigenvalue weighted by molar-refractivity contribution is 5.76. The smallest absolute Gasteiger partial charge is 0.277 e. The molecule has 5 nitrogen and oxygen atoms in total. The molecule has 134 valence electrons. The van der Waals surface area contributed by atoms with E-state index >= 15 is 0 Å². The zero-order valence-corrected chi connectivity index (χ0v) is 14.1. The first-order valence-electron chi connectivity index (χ1n) is 8.28. The number of aryl methyl sites for hydroxylation is 1. The average Bonchev–Trinajstić information content (AvgIpc) is 2.59. The summed E-state index contributed by atoms with van der Waals surface area (Å²) in [4.78, 5) is 16.2. The van der Waals surface area contributed by atoms with Crippen molar-refractivity contribution in [3.63, 3.8) is 0 Å². The van der Waals surface area contributed by atoms with Gasteiger partial charge in [0.25, 0.3) is 5.92 Å². The number of amides is 1. The molecule has 0 saturated carbocycles. The maximum atomic E-state index is 13.0. The number of rotatable bonds is 7. The molecular formula is C17H26F2N4O. The summed E-state index contributed by atoms with van der Waals surface area (Å²) in [6.45, 7) is 4.74. The molecule has 1 fully saturated rings. The van der Waals surface area contributed by atoms with Gasteiger partial charge in [-0.1, -0.05) is 12.1 Å². The van der Waals surface area contributed by atoms with Crippen molar-refractivity contribution < 1.29 is 13.6 Å². The number of hydrogen-bond acceptors (Lipinski definition) is 4. The lowest BCUT2D eigenvalue weighted by Crippen LogP contribution is -2.47. The van der Waals surface area contributed by atoms with E-state index in [1.54, 1.807) is 0 Å². The molecule has 1 aromatic rings. The largest absolute Gasteiger partial charge is 0.369 e. The third-order valence-corrected chi connectivity index (χ3v) is 4.24. The maximum absolute atomic E-state index is 13.0. The van der Waals surface area contributed by atoms with Crippen molar-refractivity contribution in [1.82, 2.24) is 10.2 Å². The van der Waals surface area contributed by atoms with Gasteiger partial charge in [0.05, 0.1) is 13.1 Å². The van der Waals surface area contributed by atoms with Crippen LogP contribution < -0.4 is 16.0 Å². The van der Waals surface area contributed by atoms with Crippen molar-refractivity contribution in [2.75, 3.05) is 50.7 Å². The standard InChI is InChI=1S/C17H26F2N4O/c1-14-3-2-4-15(11-14)23-9-7-22(8-10-23)6-5-16(24)21-13-17(18,19)12-20/h2-4,11H,5-10,12-13,20H2,1H3,(H,21,24). The Morgan fingerprint density at radius 1 is 1.29 bits per heavy atom. The lowest BCUT2D eigenvalue weighted by molar-refractivity contribution is -0.123. The Morgan fingerprint density at radius 3 is 2.62 bits per heavy atom. The molecule has 0 atom stereocenters. The molecule has 1 heterocycles. The number of carbonyl (C=O) groups excluding carboxylic acids is 1. The second-order valence-corrected chi connectivity index (χ2v) is 6.25. The monoisotopic (exact) mass is 340 g/mol. The van der Waals surface area contributed by atoms with E-state index < -0.39 is 19.0 Å². The summed E-state index contributed by atoms with van der Waals surface area (Å²) in [6, 6.07) is 8.40. The molecule has 1 aliphatic rings. The molecule has 0 aromatic heterocycles. The highest BCUT2D eigenvalue weighted by atomic mass is 19.3. The van der Waals surface area contributed by atoms with Crippen LogP contribution in [0, 0.1) is 6.92 Å². The van der Waals surface area contributed by atoms with Crippen molar-refractivity contribution in [1.29, 1.82) is 0 Å². The van der Waals surface area contributed by atoms with E-state index in [0.29, 0.717) is 6.54 Å². The topological polar surface area (TPSA) is 61.6 Å². The van der Waals surface area contributed by atoms with Gasteiger partial charge in [-0.2, -0.15) is 0 Å². The van der Waals surface area contributed by atoms with Gasteiger partial charge in [0.1, 0.15) is 0 Å². The predicted molar refractivity (Wildman–Crippen MR) is 91.5 cm³/mol. The SMILES string of the molecule is Cc1cccc(N2CCN(CCC(=O)NCC(F)(F)CN)CC2)c1. The van der Waals surface area contributed by atoms with Crippen molar-refractivity contribution in [3.05, 3.63) is 29.8 Å². The van der Waals surface area contributed by atoms with Crippen LogP contribution >= 0.6 is 0 Å². The fourth-order valence-electron chi connectivity index (χ4n) is 2.70. The van der Waals surface area contributed by atoms with Gasteiger partial charge in [-0.05, 0) is 24.6 Å². The molecule has 0 aliphatic carbocycles. The van der Waals surface area contributed by atoms with Crippen molar-refractivity contribution in [2.24, 2.45) is 5.73 Å². The number of nitrogens with one attached hydrogen (secondary N) is 1. The molecule has 1 saturated heterocycles. The number of anilines is 1. The lowest BCUT2D eigenvalue weighted by atomic mass is 10.2. The summed E-state index contributed by atoms with van der Waals surface area (Å²) in [5, 5.41) is 2.25. The van der Waals surface area contributed by atoms with E-state index in [2.05, 4.69) is 46.3 Å². The Balaban J connectivity index is 1.69. The molecule has 0 unspecified atom stereocenters. The van der Waals surface area contributed by atoms with Crippen LogP contribution in [0.25, 0.3) is 0 Å². The van der Waals surface area contributed by atoms with E-state index in [0.717, 1.165) is 26.2 Å². The van der Waals surface area contributed by atoms with E-state index in [1.807, 2.05) is 0 Å². The number of benzene rings is 1. The van der Waals surface area contributed by atoms with Crippen LogP contribution in [-0.2, 0) is 4.79 Å². The first-order chi connectivity index (χ1) is 11.4. The third kappa shape index (κ3) is 5.72. The summed E-state index contributed by atoms with van der Waals surface area (Å²) < 4.78 is 26.0. The number of hydrogen-bond donors (Lipinski definition) is 2. The summed E-state index contributed by atoms with van der Waals surface area (Å²) in [5.74, 6) is -3.39. The van der Waals surface area contributed by atoms with Crippen molar-refractivity contribution in [3.8, 4) is 0 Å². The minimum atomic E-state index is -3.03. The Bertz CT molecular complexity index is 545. The van der Waals surface area contributed by atoms with Gasteiger partial charge >= 0.3 is 0 Å². The molecule has 0 spiro atoms. The van der Waals surface area contributed by atoms with Crippen LogP contribution in [0.3, 0.4) is 0 Å². The van der Waals surface area contributed by atoms with Gasteiger partial charge in [0, 0.05) is 44.8 Å². The number of nitrogens with two attached hydrogens (primary N) is 1. The molecule has 1 amide bonds. The van der Waals surface area contributed by atoms with Crippen molar-refractivity contribution in [2.45, 2.75) is 19.3 Å². The van der Waals surface area contributed by atoms with Gasteiger partial charge in [-0.15, -0.1) is 0 Å². The number of alkyl halides is 2. The molecule has 3 N–H and O–H groups in total. The zero-order valence-electron chi connectivity index (χ0n) is 14.1. The average molecular weight is 340 g/mol. The van der Waals surface area contributed by atoms with Gasteiger partial charge in [0.2, 0.25) is 5.91 Å². The normalized spacial score (nSPS) is 16.2.